The van der Waals surface area contributed by atoms with Crippen molar-refractivity contribution >= 4 is 11.9 Å². The average Bonchev–Trinajstić information content (AvgIpc) is 2.87. The Kier molecular flexibility index (Phi) is 7.19. The lowest BCUT2D eigenvalue weighted by molar-refractivity contribution is 0.0718. The van der Waals surface area contributed by atoms with E-state index in [0.29, 0.717) is 28.2 Å². The maximum absolute atomic E-state index is 12.6. The van der Waals surface area contributed by atoms with Crippen LogP contribution in [0, 0.1) is 6.92 Å². The van der Waals surface area contributed by atoms with Crippen LogP contribution in [0.2, 0.25) is 0 Å². The Bertz CT molecular complexity index is 1270. The highest BCUT2D eigenvalue weighted by molar-refractivity contribution is 5.92. The molecule has 0 radical (unpaired) electrons. The molecule has 0 aliphatic carbocycles. The Hall–Kier alpha value is -4.18. The summed E-state index contributed by atoms with van der Waals surface area (Å²) < 4.78 is 11.1. The van der Waals surface area contributed by atoms with Gasteiger partial charge in [0.25, 0.3) is 0 Å². The predicted molar refractivity (Wildman–Crippen MR) is 133 cm³/mol. The lowest BCUT2D eigenvalue weighted by Gasteiger charge is -2.10. The molecule has 0 heterocycles. The highest BCUT2D eigenvalue weighted by Crippen LogP contribution is 2.26. The number of hydrogen-bond donors (Lipinski definition) is 0. The molecule has 0 aliphatic rings. The zero-order valence-electron chi connectivity index (χ0n) is 19.3. The van der Waals surface area contributed by atoms with Gasteiger partial charge in [-0.05, 0) is 78.1 Å². The van der Waals surface area contributed by atoms with Crippen molar-refractivity contribution in [2.45, 2.75) is 26.7 Å². The third-order valence-electron chi connectivity index (χ3n) is 5.52. The molecule has 0 aliphatic heterocycles. The van der Waals surface area contributed by atoms with E-state index in [1.807, 2.05) is 54.6 Å². The smallest absolute Gasteiger partial charge is 0.343 e. The quantitative estimate of drug-likeness (QED) is 0.224. The first-order valence-electron chi connectivity index (χ1n) is 11.3. The van der Waals surface area contributed by atoms with Gasteiger partial charge in [-0.15, -0.1) is 0 Å². The molecule has 0 spiro atoms. The minimum Gasteiger partial charge on any atom is -0.423 e. The molecule has 34 heavy (non-hydrogen) atoms. The number of ether oxygens (including phenoxy) is 2. The zero-order valence-corrected chi connectivity index (χ0v) is 19.3. The number of esters is 2. The first kappa shape index (κ1) is 23.0. The Balaban J connectivity index is 1.40. The Morgan fingerprint density at radius 1 is 0.676 bits per heavy atom. The van der Waals surface area contributed by atoms with Crippen LogP contribution in [0.1, 0.15) is 45.2 Å². The molecule has 4 rings (SSSR count). The second-order valence-corrected chi connectivity index (χ2v) is 8.10. The fourth-order valence-electron chi connectivity index (χ4n) is 3.65. The van der Waals surface area contributed by atoms with Gasteiger partial charge in [0.05, 0.1) is 11.1 Å². The Labute approximate surface area is 199 Å². The molecule has 0 saturated heterocycles. The minimum atomic E-state index is -0.445. The molecule has 0 saturated carbocycles. The van der Waals surface area contributed by atoms with Gasteiger partial charge in [-0.25, -0.2) is 9.59 Å². The van der Waals surface area contributed by atoms with E-state index in [0.717, 1.165) is 24.0 Å². The summed E-state index contributed by atoms with van der Waals surface area (Å²) in [6, 6.07) is 29.7. The third-order valence-corrected chi connectivity index (χ3v) is 5.52. The molecule has 0 fully saturated rings. The monoisotopic (exact) mass is 450 g/mol. The van der Waals surface area contributed by atoms with Gasteiger partial charge in [0.2, 0.25) is 0 Å². The van der Waals surface area contributed by atoms with Gasteiger partial charge in [0.15, 0.2) is 0 Å². The van der Waals surface area contributed by atoms with Gasteiger partial charge >= 0.3 is 11.9 Å². The lowest BCUT2D eigenvalue weighted by Crippen LogP contribution is -2.10. The van der Waals surface area contributed by atoms with E-state index in [2.05, 4.69) is 6.92 Å². The van der Waals surface area contributed by atoms with Gasteiger partial charge in [0, 0.05) is 0 Å². The topological polar surface area (TPSA) is 52.6 Å². The molecule has 0 atom stereocenters. The lowest BCUT2D eigenvalue weighted by atomic mass is 10.0. The van der Waals surface area contributed by atoms with E-state index in [9.17, 15) is 9.59 Å². The number of carbonyl (C=O) groups is 2. The van der Waals surface area contributed by atoms with Crippen molar-refractivity contribution in [3.05, 3.63) is 119 Å². The van der Waals surface area contributed by atoms with Gasteiger partial charge in [-0.2, -0.15) is 0 Å². The van der Waals surface area contributed by atoms with E-state index in [1.54, 1.807) is 49.4 Å². The summed E-state index contributed by atoms with van der Waals surface area (Å²) in [5.41, 5.74) is 4.95. The van der Waals surface area contributed by atoms with Crippen LogP contribution in [0.5, 0.6) is 11.5 Å². The summed E-state index contributed by atoms with van der Waals surface area (Å²) in [6.45, 7) is 3.92. The maximum atomic E-state index is 12.6. The number of rotatable bonds is 7. The molecule has 0 N–H and O–H groups in total. The van der Waals surface area contributed by atoms with Crippen LogP contribution in [-0.2, 0) is 6.42 Å². The van der Waals surface area contributed by atoms with Gasteiger partial charge in [-0.3, -0.25) is 0 Å². The van der Waals surface area contributed by atoms with Crippen LogP contribution in [0.25, 0.3) is 11.1 Å². The molecule has 0 unspecified atom stereocenters. The normalized spacial score (nSPS) is 10.5. The molecule has 4 aromatic carbocycles. The molecular weight excluding hydrogens is 424 g/mol. The maximum Gasteiger partial charge on any atom is 0.343 e. The van der Waals surface area contributed by atoms with E-state index >= 15 is 0 Å². The summed E-state index contributed by atoms with van der Waals surface area (Å²) in [5.74, 6) is -0.0571. The van der Waals surface area contributed by atoms with E-state index in [4.69, 9.17) is 9.47 Å². The van der Waals surface area contributed by atoms with E-state index in [1.165, 1.54) is 5.56 Å². The highest BCUT2D eigenvalue weighted by Gasteiger charge is 2.13. The second-order valence-electron chi connectivity index (χ2n) is 8.10. The van der Waals surface area contributed by atoms with Crippen molar-refractivity contribution < 1.29 is 19.1 Å². The van der Waals surface area contributed by atoms with Crippen molar-refractivity contribution in [3.63, 3.8) is 0 Å². The molecule has 0 aromatic heterocycles. The largest absolute Gasteiger partial charge is 0.423 e. The fourth-order valence-corrected chi connectivity index (χ4v) is 3.65. The van der Waals surface area contributed by atoms with Crippen LogP contribution in [-0.4, -0.2) is 11.9 Å². The van der Waals surface area contributed by atoms with Crippen LogP contribution in [0.3, 0.4) is 0 Å². The summed E-state index contributed by atoms with van der Waals surface area (Å²) in [6.07, 6.45) is 2.03. The molecule has 170 valence electrons. The standard InChI is InChI=1S/C30H26O4/c1-3-7-22-10-12-25(13-11-22)29(31)33-27-18-19-28(21(2)20-27)34-30(32)26-16-14-24(15-17-26)23-8-5-4-6-9-23/h4-6,8-20H,3,7H2,1-2H3. The summed E-state index contributed by atoms with van der Waals surface area (Å²) in [4.78, 5) is 25.1. The van der Waals surface area contributed by atoms with Crippen LogP contribution >= 0.6 is 0 Å². The number of benzene rings is 4. The number of hydrogen-bond acceptors (Lipinski definition) is 4. The molecule has 4 nitrogen and oxygen atoms in total. The fraction of sp³-hybridized carbons (Fsp3) is 0.133. The SMILES string of the molecule is CCCc1ccc(C(=O)Oc2ccc(OC(=O)c3ccc(-c4ccccc4)cc3)c(C)c2)cc1. The second kappa shape index (κ2) is 10.6. The van der Waals surface area contributed by atoms with Crippen LogP contribution in [0.4, 0.5) is 0 Å². The molecule has 0 bridgehead atoms. The van der Waals surface area contributed by atoms with Gasteiger partial charge in [0.1, 0.15) is 11.5 Å². The highest BCUT2D eigenvalue weighted by atomic mass is 16.5. The van der Waals surface area contributed by atoms with E-state index in [-0.39, 0.29) is 0 Å². The van der Waals surface area contributed by atoms with Crippen molar-refractivity contribution in [1.29, 1.82) is 0 Å². The number of aryl methyl sites for hydroxylation is 2. The molecule has 4 heteroatoms. The van der Waals surface area contributed by atoms with Gasteiger partial charge in [-0.1, -0.05) is 67.9 Å². The zero-order chi connectivity index (χ0) is 23.9. The summed E-state index contributed by atoms with van der Waals surface area (Å²) in [5, 5.41) is 0. The van der Waals surface area contributed by atoms with Gasteiger partial charge < -0.3 is 9.47 Å². The van der Waals surface area contributed by atoms with Crippen molar-refractivity contribution in [3.8, 4) is 22.6 Å². The summed E-state index contributed by atoms with van der Waals surface area (Å²) in [7, 11) is 0. The number of carbonyl (C=O) groups excluding carboxylic acids is 2. The molecular formula is C30H26O4. The summed E-state index contributed by atoms with van der Waals surface area (Å²) >= 11 is 0. The third kappa shape index (κ3) is 5.59. The van der Waals surface area contributed by atoms with Crippen molar-refractivity contribution in [1.82, 2.24) is 0 Å². The average molecular weight is 451 g/mol. The first-order valence-corrected chi connectivity index (χ1v) is 11.3. The Morgan fingerprint density at radius 2 is 1.26 bits per heavy atom. The van der Waals surface area contributed by atoms with E-state index < -0.39 is 11.9 Å². The molecule has 0 amide bonds. The Morgan fingerprint density at radius 3 is 1.88 bits per heavy atom. The van der Waals surface area contributed by atoms with Crippen molar-refractivity contribution in [2.24, 2.45) is 0 Å². The van der Waals surface area contributed by atoms with Crippen molar-refractivity contribution in [2.75, 3.05) is 0 Å². The minimum absolute atomic E-state index is 0.396. The predicted octanol–water partition coefficient (Wildman–Crippen LogP) is 7.05. The van der Waals surface area contributed by atoms with Crippen LogP contribution < -0.4 is 9.47 Å². The van der Waals surface area contributed by atoms with Crippen LogP contribution in [0.15, 0.2) is 97.1 Å². The molecule has 4 aromatic rings. The first-order chi connectivity index (χ1) is 16.5.